The van der Waals surface area contributed by atoms with Gasteiger partial charge in [-0.1, -0.05) is 12.1 Å². The second kappa shape index (κ2) is 6.26. The highest BCUT2D eigenvalue weighted by molar-refractivity contribution is 4.94. The molecule has 0 aromatic carbocycles. The van der Waals surface area contributed by atoms with Crippen molar-refractivity contribution in [3.63, 3.8) is 0 Å². The highest BCUT2D eigenvalue weighted by Gasteiger charge is 2.25. The monoisotopic (exact) mass is 255 g/mol. The van der Waals surface area contributed by atoms with Crippen LogP contribution in [0.1, 0.15) is 38.1 Å². The molecular weight excluding hydrogens is 234 g/mol. The zero-order valence-electron chi connectivity index (χ0n) is 11.0. The first-order valence-electron chi connectivity index (χ1n) is 6.53. The van der Waals surface area contributed by atoms with Gasteiger partial charge in [-0.3, -0.25) is 4.90 Å². The number of aromatic nitrogens is 2. The lowest BCUT2D eigenvalue weighted by Gasteiger charge is -2.30. The summed E-state index contributed by atoms with van der Waals surface area (Å²) in [6, 6.07) is 0. The number of rotatable bonds is 5. The van der Waals surface area contributed by atoms with Crippen LogP contribution in [0.5, 0.6) is 0 Å². The summed E-state index contributed by atoms with van der Waals surface area (Å²) in [5, 5.41) is 13.2. The van der Waals surface area contributed by atoms with Gasteiger partial charge < -0.3 is 14.4 Å². The number of hydrogen-bond donors (Lipinski definition) is 1. The molecule has 1 aromatic rings. The number of hydrogen-bond acceptors (Lipinski definition) is 6. The van der Waals surface area contributed by atoms with Gasteiger partial charge in [0.2, 0.25) is 11.7 Å². The molecule has 1 fully saturated rings. The minimum atomic E-state index is -0.345. The van der Waals surface area contributed by atoms with Crippen LogP contribution in [0, 0.1) is 0 Å². The van der Waals surface area contributed by atoms with E-state index < -0.39 is 0 Å². The Morgan fingerprint density at radius 1 is 1.56 bits per heavy atom. The van der Waals surface area contributed by atoms with Crippen LogP contribution in [-0.2, 0) is 11.2 Å². The van der Waals surface area contributed by atoms with Gasteiger partial charge in [-0.05, 0) is 19.9 Å². The van der Waals surface area contributed by atoms with E-state index in [1.54, 1.807) is 6.92 Å². The van der Waals surface area contributed by atoms with Crippen molar-refractivity contribution in [1.29, 1.82) is 0 Å². The lowest BCUT2D eigenvalue weighted by atomic mass is 10.2. The number of ether oxygens (including phenoxy) is 1. The van der Waals surface area contributed by atoms with Gasteiger partial charge in [0.25, 0.3) is 0 Å². The van der Waals surface area contributed by atoms with E-state index in [-0.39, 0.29) is 12.2 Å². The van der Waals surface area contributed by atoms with Crippen molar-refractivity contribution in [2.75, 3.05) is 26.2 Å². The SMILES string of the molecule is CCN1CCOC(c2noc(CCC(C)O)n2)C1. The summed E-state index contributed by atoms with van der Waals surface area (Å²) in [7, 11) is 0. The maximum absolute atomic E-state index is 9.21. The quantitative estimate of drug-likeness (QED) is 0.838. The first-order valence-corrected chi connectivity index (χ1v) is 6.53. The van der Waals surface area contributed by atoms with Crippen molar-refractivity contribution in [2.24, 2.45) is 0 Å². The zero-order valence-corrected chi connectivity index (χ0v) is 11.0. The minimum absolute atomic E-state index is 0.0947. The number of morpholine rings is 1. The fourth-order valence-corrected chi connectivity index (χ4v) is 1.98. The van der Waals surface area contributed by atoms with Crippen LogP contribution in [0.15, 0.2) is 4.52 Å². The highest BCUT2D eigenvalue weighted by Crippen LogP contribution is 2.19. The van der Waals surface area contributed by atoms with Gasteiger partial charge in [0.1, 0.15) is 6.10 Å². The summed E-state index contributed by atoms with van der Waals surface area (Å²) in [5.41, 5.74) is 0. The summed E-state index contributed by atoms with van der Waals surface area (Å²) in [4.78, 5) is 6.64. The molecule has 18 heavy (non-hydrogen) atoms. The third-order valence-electron chi connectivity index (χ3n) is 3.15. The normalized spacial score (nSPS) is 23.2. The summed E-state index contributed by atoms with van der Waals surface area (Å²) in [6.07, 6.45) is 0.799. The van der Waals surface area contributed by atoms with Crippen LogP contribution in [0.3, 0.4) is 0 Å². The predicted octanol–water partition coefficient (Wildman–Crippen LogP) is 0.776. The molecule has 2 rings (SSSR count). The molecule has 1 aromatic heterocycles. The van der Waals surface area contributed by atoms with Crippen LogP contribution < -0.4 is 0 Å². The molecule has 0 aliphatic carbocycles. The predicted molar refractivity (Wildman–Crippen MR) is 65.1 cm³/mol. The molecule has 1 saturated heterocycles. The van der Waals surface area contributed by atoms with E-state index in [1.807, 2.05) is 0 Å². The average molecular weight is 255 g/mol. The maximum atomic E-state index is 9.21. The molecule has 2 heterocycles. The molecule has 6 nitrogen and oxygen atoms in total. The number of aliphatic hydroxyl groups excluding tert-OH is 1. The first-order chi connectivity index (χ1) is 8.69. The molecule has 0 radical (unpaired) electrons. The summed E-state index contributed by atoms with van der Waals surface area (Å²) >= 11 is 0. The van der Waals surface area contributed by atoms with Gasteiger partial charge in [0, 0.05) is 19.5 Å². The fraction of sp³-hybridized carbons (Fsp3) is 0.833. The molecule has 0 amide bonds. The average Bonchev–Trinajstić information content (AvgIpc) is 2.85. The first kappa shape index (κ1) is 13.5. The van der Waals surface area contributed by atoms with Crippen LogP contribution in [0.4, 0.5) is 0 Å². The smallest absolute Gasteiger partial charge is 0.226 e. The Kier molecular flexibility index (Phi) is 4.68. The van der Waals surface area contributed by atoms with Gasteiger partial charge in [0.05, 0.1) is 12.7 Å². The largest absolute Gasteiger partial charge is 0.393 e. The maximum Gasteiger partial charge on any atom is 0.226 e. The van der Waals surface area contributed by atoms with E-state index in [0.717, 1.165) is 19.6 Å². The van der Waals surface area contributed by atoms with Crippen molar-refractivity contribution in [1.82, 2.24) is 15.0 Å². The Bertz CT molecular complexity index is 367. The van der Waals surface area contributed by atoms with E-state index in [4.69, 9.17) is 9.26 Å². The Labute approximate surface area is 107 Å². The molecular formula is C12H21N3O3. The fourth-order valence-electron chi connectivity index (χ4n) is 1.98. The van der Waals surface area contributed by atoms with E-state index in [1.165, 1.54) is 0 Å². The second-order valence-electron chi connectivity index (χ2n) is 4.69. The highest BCUT2D eigenvalue weighted by atomic mass is 16.5. The van der Waals surface area contributed by atoms with Crippen molar-refractivity contribution < 1.29 is 14.4 Å². The summed E-state index contributed by atoms with van der Waals surface area (Å²) in [5.74, 6) is 1.19. The number of aryl methyl sites for hydroxylation is 1. The molecule has 0 spiro atoms. The number of likely N-dealkylation sites (N-methyl/N-ethyl adjacent to an activating group) is 1. The molecule has 2 atom stereocenters. The van der Waals surface area contributed by atoms with Gasteiger partial charge >= 0.3 is 0 Å². The molecule has 6 heteroatoms. The Morgan fingerprint density at radius 3 is 3.11 bits per heavy atom. The molecule has 0 saturated carbocycles. The van der Waals surface area contributed by atoms with Crippen LogP contribution in [0.2, 0.25) is 0 Å². The summed E-state index contributed by atoms with van der Waals surface area (Å²) < 4.78 is 10.8. The van der Waals surface area contributed by atoms with Gasteiger partial charge in [-0.25, -0.2) is 0 Å². The Balaban J connectivity index is 1.92. The van der Waals surface area contributed by atoms with Crippen LogP contribution in [0.25, 0.3) is 0 Å². The minimum Gasteiger partial charge on any atom is -0.393 e. The lowest BCUT2D eigenvalue weighted by molar-refractivity contribution is -0.0334. The molecule has 102 valence electrons. The molecule has 1 aliphatic rings. The second-order valence-corrected chi connectivity index (χ2v) is 4.69. The van der Waals surface area contributed by atoms with Crippen molar-refractivity contribution in [3.05, 3.63) is 11.7 Å². The van der Waals surface area contributed by atoms with Gasteiger partial charge in [0.15, 0.2) is 0 Å². The van der Waals surface area contributed by atoms with Crippen molar-refractivity contribution >= 4 is 0 Å². The van der Waals surface area contributed by atoms with E-state index in [0.29, 0.717) is 31.2 Å². The third kappa shape index (κ3) is 3.51. The topological polar surface area (TPSA) is 71.6 Å². The summed E-state index contributed by atoms with van der Waals surface area (Å²) in [6.45, 7) is 7.36. The third-order valence-corrected chi connectivity index (χ3v) is 3.15. The molecule has 0 bridgehead atoms. The molecule has 2 unspecified atom stereocenters. The van der Waals surface area contributed by atoms with Crippen molar-refractivity contribution in [3.8, 4) is 0 Å². The van der Waals surface area contributed by atoms with Crippen molar-refractivity contribution in [2.45, 2.75) is 38.9 Å². The lowest BCUT2D eigenvalue weighted by Crippen LogP contribution is -2.38. The van der Waals surface area contributed by atoms with E-state index in [9.17, 15) is 5.11 Å². The Morgan fingerprint density at radius 2 is 2.39 bits per heavy atom. The van der Waals surface area contributed by atoms with E-state index in [2.05, 4.69) is 22.0 Å². The van der Waals surface area contributed by atoms with Gasteiger partial charge in [-0.15, -0.1) is 0 Å². The molecule has 1 aliphatic heterocycles. The van der Waals surface area contributed by atoms with Gasteiger partial charge in [-0.2, -0.15) is 4.98 Å². The number of nitrogens with zero attached hydrogens (tertiary/aromatic N) is 3. The zero-order chi connectivity index (χ0) is 13.0. The Hall–Kier alpha value is -0.980. The molecule has 1 N–H and O–H groups in total. The standard InChI is InChI=1S/C12H21N3O3/c1-3-15-6-7-17-10(8-15)12-13-11(18-14-12)5-4-9(2)16/h9-10,16H,3-8H2,1-2H3. The van der Waals surface area contributed by atoms with E-state index >= 15 is 0 Å². The number of aliphatic hydroxyl groups is 1. The van der Waals surface area contributed by atoms with Crippen LogP contribution in [-0.4, -0.2) is 52.5 Å². The van der Waals surface area contributed by atoms with Crippen LogP contribution >= 0.6 is 0 Å².